The highest BCUT2D eigenvalue weighted by atomic mass is 35.5. The number of halogens is 1. The smallest absolute Gasteiger partial charge is 0.121 e. The van der Waals surface area contributed by atoms with Crippen LogP contribution in [0.2, 0.25) is 5.02 Å². The summed E-state index contributed by atoms with van der Waals surface area (Å²) in [5.41, 5.74) is 6.50. The molecule has 0 aliphatic rings. The van der Waals surface area contributed by atoms with E-state index in [0.29, 0.717) is 5.02 Å². The summed E-state index contributed by atoms with van der Waals surface area (Å²) < 4.78 is 5.69. The topological polar surface area (TPSA) is 35.2 Å². The third-order valence-corrected chi connectivity index (χ3v) is 2.21. The zero-order valence-electron chi connectivity index (χ0n) is 9.67. The van der Waals surface area contributed by atoms with Crippen molar-refractivity contribution in [1.29, 1.82) is 0 Å². The molecule has 3 heteroatoms. The first kappa shape index (κ1) is 12.3. The lowest BCUT2D eigenvalue weighted by molar-refractivity contribution is 0.131. The molecule has 15 heavy (non-hydrogen) atoms. The van der Waals surface area contributed by atoms with E-state index < -0.39 is 0 Å². The number of hydrogen-bond acceptors (Lipinski definition) is 2. The maximum atomic E-state index is 6.09. The van der Waals surface area contributed by atoms with E-state index in [1.54, 1.807) is 0 Å². The Morgan fingerprint density at radius 2 is 1.93 bits per heavy atom. The van der Waals surface area contributed by atoms with Crippen molar-refractivity contribution < 1.29 is 4.74 Å². The maximum absolute atomic E-state index is 6.09. The molecular weight excluding hydrogens is 210 g/mol. The van der Waals surface area contributed by atoms with Crippen LogP contribution in [0.25, 0.3) is 0 Å². The number of rotatable bonds is 2. The zero-order chi connectivity index (χ0) is 11.6. The molecule has 2 nitrogen and oxygen atoms in total. The van der Waals surface area contributed by atoms with Gasteiger partial charge in [0.15, 0.2) is 0 Å². The third-order valence-electron chi connectivity index (χ3n) is 1.89. The first-order chi connectivity index (χ1) is 6.79. The summed E-state index contributed by atoms with van der Waals surface area (Å²) in [5, 5.41) is 0.659. The Kier molecular flexibility index (Phi) is 3.63. The van der Waals surface area contributed by atoms with Crippen molar-refractivity contribution in [3.8, 4) is 5.75 Å². The van der Waals surface area contributed by atoms with Crippen molar-refractivity contribution in [2.75, 3.05) is 0 Å². The molecule has 2 N–H and O–H groups in total. The fourth-order valence-corrected chi connectivity index (χ4v) is 1.64. The molecular formula is C12H18ClNO. The fraction of sp³-hybridized carbons (Fsp3) is 0.500. The summed E-state index contributed by atoms with van der Waals surface area (Å²) in [6.45, 7) is 7.91. The van der Waals surface area contributed by atoms with E-state index in [1.807, 2.05) is 45.9 Å². The fourth-order valence-electron chi connectivity index (χ4n) is 1.29. The van der Waals surface area contributed by atoms with Gasteiger partial charge in [-0.15, -0.1) is 0 Å². The largest absolute Gasteiger partial charge is 0.488 e. The van der Waals surface area contributed by atoms with Gasteiger partial charge in [0.2, 0.25) is 0 Å². The van der Waals surface area contributed by atoms with Gasteiger partial charge in [0, 0.05) is 11.1 Å². The molecule has 1 aromatic carbocycles. The first-order valence-corrected chi connectivity index (χ1v) is 5.41. The summed E-state index contributed by atoms with van der Waals surface area (Å²) in [6, 6.07) is 5.57. The average Bonchev–Trinajstić information content (AvgIpc) is 1.99. The lowest BCUT2D eigenvalue weighted by atomic mass is 10.1. The van der Waals surface area contributed by atoms with E-state index in [9.17, 15) is 0 Å². The number of hydrogen-bond donors (Lipinski definition) is 1. The van der Waals surface area contributed by atoms with Crippen LogP contribution in [0.4, 0.5) is 0 Å². The van der Waals surface area contributed by atoms with Crippen molar-refractivity contribution in [3.63, 3.8) is 0 Å². The molecule has 1 atom stereocenters. The molecule has 1 aromatic rings. The second kappa shape index (κ2) is 4.42. The Morgan fingerprint density at radius 3 is 2.33 bits per heavy atom. The van der Waals surface area contributed by atoms with E-state index in [2.05, 4.69) is 0 Å². The quantitative estimate of drug-likeness (QED) is 0.839. The van der Waals surface area contributed by atoms with Gasteiger partial charge in [-0.05, 0) is 45.4 Å². The minimum absolute atomic E-state index is 0.0545. The van der Waals surface area contributed by atoms with Gasteiger partial charge < -0.3 is 10.5 Å². The zero-order valence-corrected chi connectivity index (χ0v) is 10.4. The van der Waals surface area contributed by atoms with Crippen LogP contribution in [0.1, 0.15) is 39.3 Å². The molecule has 0 fully saturated rings. The van der Waals surface area contributed by atoms with Gasteiger partial charge in [-0.25, -0.2) is 0 Å². The molecule has 0 aromatic heterocycles. The van der Waals surface area contributed by atoms with Crippen LogP contribution in [0.3, 0.4) is 0 Å². The standard InChI is InChI=1S/C12H18ClNO/c1-8(14)10-6-5-9(7-11(10)13)15-12(2,3)4/h5-8H,14H2,1-4H3. The molecule has 0 radical (unpaired) electrons. The molecule has 1 unspecified atom stereocenters. The third kappa shape index (κ3) is 3.73. The van der Waals surface area contributed by atoms with Crippen molar-refractivity contribution in [2.45, 2.75) is 39.3 Å². The monoisotopic (exact) mass is 227 g/mol. The molecule has 0 spiro atoms. The second-order valence-electron chi connectivity index (χ2n) is 4.69. The van der Waals surface area contributed by atoms with Crippen molar-refractivity contribution >= 4 is 11.6 Å². The van der Waals surface area contributed by atoms with Crippen molar-refractivity contribution in [1.82, 2.24) is 0 Å². The number of ether oxygens (including phenoxy) is 1. The van der Waals surface area contributed by atoms with Crippen molar-refractivity contribution in [2.24, 2.45) is 5.73 Å². The van der Waals surface area contributed by atoms with Crippen molar-refractivity contribution in [3.05, 3.63) is 28.8 Å². The predicted molar refractivity (Wildman–Crippen MR) is 64.4 cm³/mol. The lowest BCUT2D eigenvalue weighted by Gasteiger charge is -2.22. The summed E-state index contributed by atoms with van der Waals surface area (Å²) in [4.78, 5) is 0. The normalized spacial score (nSPS) is 13.7. The molecule has 0 bridgehead atoms. The molecule has 1 rings (SSSR count). The summed E-state index contributed by atoms with van der Waals surface area (Å²) >= 11 is 6.09. The second-order valence-corrected chi connectivity index (χ2v) is 5.09. The SMILES string of the molecule is CC(N)c1ccc(OC(C)(C)C)cc1Cl. The van der Waals surface area contributed by atoms with Gasteiger partial charge in [-0.1, -0.05) is 17.7 Å². The highest BCUT2D eigenvalue weighted by molar-refractivity contribution is 6.31. The van der Waals surface area contributed by atoms with Gasteiger partial charge in [-0.2, -0.15) is 0 Å². The van der Waals surface area contributed by atoms with Gasteiger partial charge in [0.25, 0.3) is 0 Å². The Labute approximate surface area is 96.4 Å². The Hall–Kier alpha value is -0.730. The van der Waals surface area contributed by atoms with Crippen LogP contribution in [-0.4, -0.2) is 5.60 Å². The molecule has 84 valence electrons. The molecule has 0 heterocycles. The van der Waals surface area contributed by atoms with Gasteiger partial charge in [0.05, 0.1) is 0 Å². The van der Waals surface area contributed by atoms with E-state index in [-0.39, 0.29) is 11.6 Å². The van der Waals surface area contributed by atoms with E-state index >= 15 is 0 Å². The van der Waals surface area contributed by atoms with Crippen LogP contribution in [0.15, 0.2) is 18.2 Å². The van der Waals surface area contributed by atoms with Crippen LogP contribution >= 0.6 is 11.6 Å². The van der Waals surface area contributed by atoms with Crippen LogP contribution < -0.4 is 10.5 Å². The first-order valence-electron chi connectivity index (χ1n) is 5.03. The summed E-state index contributed by atoms with van der Waals surface area (Å²) in [6.07, 6.45) is 0. The Bertz CT molecular complexity index is 342. The predicted octanol–water partition coefficient (Wildman–Crippen LogP) is 3.54. The molecule has 0 aliphatic heterocycles. The minimum Gasteiger partial charge on any atom is -0.488 e. The Balaban J connectivity index is 2.92. The van der Waals surface area contributed by atoms with Gasteiger partial charge >= 0.3 is 0 Å². The molecule has 0 saturated heterocycles. The van der Waals surface area contributed by atoms with E-state index in [0.717, 1.165) is 11.3 Å². The lowest BCUT2D eigenvalue weighted by Crippen LogP contribution is -2.23. The average molecular weight is 228 g/mol. The van der Waals surface area contributed by atoms with Gasteiger partial charge in [0.1, 0.15) is 11.4 Å². The number of nitrogens with two attached hydrogens (primary N) is 1. The number of benzene rings is 1. The Morgan fingerprint density at radius 1 is 1.33 bits per heavy atom. The van der Waals surface area contributed by atoms with Gasteiger partial charge in [-0.3, -0.25) is 0 Å². The van der Waals surface area contributed by atoms with Crippen LogP contribution in [0, 0.1) is 0 Å². The van der Waals surface area contributed by atoms with Crippen LogP contribution in [0.5, 0.6) is 5.75 Å². The maximum Gasteiger partial charge on any atom is 0.121 e. The van der Waals surface area contributed by atoms with Crippen LogP contribution in [-0.2, 0) is 0 Å². The molecule has 0 amide bonds. The molecule has 0 saturated carbocycles. The minimum atomic E-state index is -0.209. The summed E-state index contributed by atoms with van der Waals surface area (Å²) in [7, 11) is 0. The van der Waals surface area contributed by atoms with E-state index in [1.165, 1.54) is 0 Å². The molecule has 0 aliphatic carbocycles. The summed E-state index contributed by atoms with van der Waals surface area (Å²) in [5.74, 6) is 0.775. The highest BCUT2D eigenvalue weighted by Crippen LogP contribution is 2.28. The van der Waals surface area contributed by atoms with E-state index in [4.69, 9.17) is 22.1 Å². The highest BCUT2D eigenvalue weighted by Gasteiger charge is 2.13.